The number of aliphatic imine (C=N–C) groups is 1. The van der Waals surface area contributed by atoms with Crippen molar-refractivity contribution in [2.24, 2.45) is 4.99 Å². The number of hydrogen-bond donors (Lipinski definition) is 2. The lowest BCUT2D eigenvalue weighted by Gasteiger charge is -2.05. The Bertz CT molecular complexity index is 1010. The molecule has 0 radical (unpaired) electrons. The van der Waals surface area contributed by atoms with Crippen molar-refractivity contribution in [1.82, 2.24) is 4.98 Å². The molecule has 3 rings (SSSR count). The van der Waals surface area contributed by atoms with E-state index in [0.29, 0.717) is 22.2 Å². The number of hydrogen-bond acceptors (Lipinski definition) is 5. The van der Waals surface area contributed by atoms with Gasteiger partial charge in [-0.05, 0) is 36.4 Å². The molecule has 116 valence electrons. The Morgan fingerprint density at radius 3 is 2.61 bits per heavy atom. The lowest BCUT2D eigenvalue weighted by Crippen LogP contribution is -1.99. The second-order valence-corrected chi connectivity index (χ2v) is 6.20. The molecule has 0 atom stereocenters. The molecule has 0 amide bonds. The van der Waals surface area contributed by atoms with Crippen molar-refractivity contribution in [3.8, 4) is 5.75 Å². The smallest absolute Gasteiger partial charge is 0.295 e. The summed E-state index contributed by atoms with van der Waals surface area (Å²) in [4.78, 5) is 7.99. The zero-order valence-electron chi connectivity index (χ0n) is 11.8. The molecule has 0 saturated heterocycles. The van der Waals surface area contributed by atoms with Gasteiger partial charge in [0.1, 0.15) is 10.6 Å². The number of benzene rings is 2. The van der Waals surface area contributed by atoms with Crippen molar-refractivity contribution in [2.75, 3.05) is 0 Å². The molecule has 0 fully saturated rings. The summed E-state index contributed by atoms with van der Waals surface area (Å²) in [7, 11) is -4.41. The first-order chi connectivity index (χ1) is 10.9. The van der Waals surface area contributed by atoms with Crippen molar-refractivity contribution in [3.63, 3.8) is 0 Å². The minimum atomic E-state index is -4.41. The Balaban J connectivity index is 2.14. The van der Waals surface area contributed by atoms with Gasteiger partial charge in [0, 0.05) is 23.4 Å². The van der Waals surface area contributed by atoms with Crippen LogP contribution in [-0.2, 0) is 10.1 Å². The Morgan fingerprint density at radius 2 is 1.87 bits per heavy atom. The van der Waals surface area contributed by atoms with E-state index in [4.69, 9.17) is 0 Å². The Labute approximate surface area is 132 Å². The highest BCUT2D eigenvalue weighted by Gasteiger charge is 2.15. The molecule has 3 aromatic rings. The van der Waals surface area contributed by atoms with Gasteiger partial charge < -0.3 is 5.11 Å². The first kappa shape index (κ1) is 15.1. The van der Waals surface area contributed by atoms with E-state index in [0.717, 1.165) is 0 Å². The number of phenolic OH excluding ortho intramolecular Hbond substituents is 1. The van der Waals surface area contributed by atoms with Crippen LogP contribution in [0.4, 0.5) is 5.69 Å². The molecule has 1 aromatic heterocycles. The van der Waals surface area contributed by atoms with Gasteiger partial charge in [0.25, 0.3) is 10.1 Å². The first-order valence-corrected chi connectivity index (χ1v) is 8.07. The number of aromatic hydroxyl groups is 1. The predicted molar refractivity (Wildman–Crippen MR) is 86.9 cm³/mol. The van der Waals surface area contributed by atoms with E-state index in [2.05, 4.69) is 9.98 Å². The average Bonchev–Trinajstić information content (AvgIpc) is 2.52. The SMILES string of the molecule is O=S(=O)(O)c1cc(N=Cc2ccccc2O)cc2ncccc12. The molecule has 0 unspecified atom stereocenters. The van der Waals surface area contributed by atoms with Gasteiger partial charge in [-0.2, -0.15) is 8.42 Å². The zero-order chi connectivity index (χ0) is 16.4. The zero-order valence-corrected chi connectivity index (χ0v) is 12.6. The van der Waals surface area contributed by atoms with E-state index in [1.807, 2.05) is 0 Å². The van der Waals surface area contributed by atoms with E-state index >= 15 is 0 Å². The van der Waals surface area contributed by atoms with Crippen molar-refractivity contribution < 1.29 is 18.1 Å². The molecule has 1 heterocycles. The fourth-order valence-corrected chi connectivity index (χ4v) is 2.88. The molecule has 0 aliphatic carbocycles. The van der Waals surface area contributed by atoms with Crippen molar-refractivity contribution in [1.29, 1.82) is 0 Å². The number of aromatic nitrogens is 1. The van der Waals surface area contributed by atoms with Crippen LogP contribution in [0.2, 0.25) is 0 Å². The van der Waals surface area contributed by atoms with Crippen LogP contribution < -0.4 is 0 Å². The highest BCUT2D eigenvalue weighted by molar-refractivity contribution is 7.86. The quantitative estimate of drug-likeness (QED) is 0.569. The second-order valence-electron chi connectivity index (χ2n) is 4.81. The van der Waals surface area contributed by atoms with Crippen LogP contribution in [0.1, 0.15) is 5.56 Å². The van der Waals surface area contributed by atoms with Crippen LogP contribution in [0.15, 0.2) is 64.6 Å². The third-order valence-corrected chi connectivity index (χ3v) is 4.13. The summed E-state index contributed by atoms with van der Waals surface area (Å²) in [6, 6.07) is 12.6. The fraction of sp³-hybridized carbons (Fsp3) is 0. The topological polar surface area (TPSA) is 99.9 Å². The lowest BCUT2D eigenvalue weighted by molar-refractivity contribution is 0.474. The monoisotopic (exact) mass is 328 g/mol. The maximum absolute atomic E-state index is 11.6. The number of nitrogens with zero attached hydrogens (tertiary/aromatic N) is 2. The molecule has 0 saturated carbocycles. The number of fused-ring (bicyclic) bond motifs is 1. The van der Waals surface area contributed by atoms with E-state index in [-0.39, 0.29) is 10.6 Å². The highest BCUT2D eigenvalue weighted by atomic mass is 32.2. The fourth-order valence-electron chi connectivity index (χ4n) is 2.16. The normalized spacial score (nSPS) is 12.0. The summed E-state index contributed by atoms with van der Waals surface area (Å²) in [5, 5.41) is 10.0. The van der Waals surface area contributed by atoms with Crippen LogP contribution in [0.25, 0.3) is 10.9 Å². The number of rotatable bonds is 3. The summed E-state index contributed by atoms with van der Waals surface area (Å²) in [6.07, 6.45) is 2.93. The third kappa shape index (κ3) is 3.20. The largest absolute Gasteiger partial charge is 0.507 e. The Morgan fingerprint density at radius 1 is 1.09 bits per heavy atom. The van der Waals surface area contributed by atoms with E-state index in [1.165, 1.54) is 24.5 Å². The number of para-hydroxylation sites is 1. The number of phenols is 1. The molecule has 0 aliphatic heterocycles. The van der Waals surface area contributed by atoms with Crippen molar-refractivity contribution in [2.45, 2.75) is 4.90 Å². The van der Waals surface area contributed by atoms with E-state index in [1.54, 1.807) is 36.4 Å². The highest BCUT2D eigenvalue weighted by Crippen LogP contribution is 2.28. The summed E-state index contributed by atoms with van der Waals surface area (Å²) in [5.74, 6) is 0.0603. The van der Waals surface area contributed by atoms with Crippen LogP contribution >= 0.6 is 0 Å². The maximum Gasteiger partial charge on any atom is 0.295 e. The summed E-state index contributed by atoms with van der Waals surface area (Å²) in [6.45, 7) is 0. The molecule has 0 aliphatic rings. The molecule has 23 heavy (non-hydrogen) atoms. The minimum Gasteiger partial charge on any atom is -0.507 e. The molecule has 2 aromatic carbocycles. The van der Waals surface area contributed by atoms with Gasteiger partial charge in [0.2, 0.25) is 0 Å². The van der Waals surface area contributed by atoms with Crippen molar-refractivity contribution >= 4 is 32.9 Å². The predicted octanol–water partition coefficient (Wildman–Crippen LogP) is 2.94. The van der Waals surface area contributed by atoms with Gasteiger partial charge in [-0.25, -0.2) is 0 Å². The molecular weight excluding hydrogens is 316 g/mol. The van der Waals surface area contributed by atoms with Gasteiger partial charge >= 0.3 is 0 Å². The Kier molecular flexibility index (Phi) is 3.81. The van der Waals surface area contributed by atoms with Crippen LogP contribution in [-0.4, -0.2) is 29.3 Å². The summed E-state index contributed by atoms with van der Waals surface area (Å²) >= 11 is 0. The maximum atomic E-state index is 11.6. The van der Waals surface area contributed by atoms with Gasteiger partial charge in [0.05, 0.1) is 11.2 Å². The molecular formula is C16H12N2O4S. The molecule has 6 nitrogen and oxygen atoms in total. The molecule has 2 N–H and O–H groups in total. The summed E-state index contributed by atoms with van der Waals surface area (Å²) in [5.41, 5.74) is 1.18. The minimum absolute atomic E-state index is 0.0603. The van der Waals surface area contributed by atoms with Crippen LogP contribution in [0, 0.1) is 0 Å². The molecule has 7 heteroatoms. The average molecular weight is 328 g/mol. The Hall–Kier alpha value is -2.77. The standard InChI is InChI=1S/C16H12N2O4S/c19-15-6-2-1-4-11(15)10-18-12-8-14-13(5-3-7-17-14)16(9-12)23(20,21)22/h1-10,19H,(H,20,21,22). The van der Waals surface area contributed by atoms with Crippen molar-refractivity contribution in [3.05, 3.63) is 60.3 Å². The van der Waals surface area contributed by atoms with Crippen LogP contribution in [0.3, 0.4) is 0 Å². The van der Waals surface area contributed by atoms with Crippen LogP contribution in [0.5, 0.6) is 5.75 Å². The van der Waals surface area contributed by atoms with E-state index < -0.39 is 10.1 Å². The molecule has 0 spiro atoms. The first-order valence-electron chi connectivity index (χ1n) is 6.63. The second kappa shape index (κ2) is 5.79. The van der Waals surface area contributed by atoms with E-state index in [9.17, 15) is 18.1 Å². The van der Waals surface area contributed by atoms with Gasteiger partial charge in [0.15, 0.2) is 0 Å². The molecule has 0 bridgehead atoms. The van der Waals surface area contributed by atoms with Gasteiger partial charge in [-0.3, -0.25) is 14.5 Å². The third-order valence-electron chi connectivity index (χ3n) is 3.23. The summed E-state index contributed by atoms with van der Waals surface area (Å²) < 4.78 is 32.5. The number of pyridine rings is 1. The van der Waals surface area contributed by atoms with Gasteiger partial charge in [-0.15, -0.1) is 0 Å². The van der Waals surface area contributed by atoms with Gasteiger partial charge in [-0.1, -0.05) is 12.1 Å². The lowest BCUT2D eigenvalue weighted by atomic mass is 10.2.